The number of carbonyl (C=O) groups excluding carboxylic acids is 1. The van der Waals surface area contributed by atoms with Gasteiger partial charge in [0.2, 0.25) is 0 Å². The average molecular weight is 222 g/mol. The molecule has 0 amide bonds. The van der Waals surface area contributed by atoms with E-state index in [1.807, 2.05) is 12.1 Å². The number of carbonyl (C=O) groups is 1. The first-order valence-corrected chi connectivity index (χ1v) is 6.63. The van der Waals surface area contributed by atoms with E-state index in [0.29, 0.717) is 5.75 Å². The molecule has 0 aliphatic heterocycles. The second kappa shape index (κ2) is 6.67. The summed E-state index contributed by atoms with van der Waals surface area (Å²) in [6, 6.07) is 8.02. The summed E-state index contributed by atoms with van der Waals surface area (Å²) >= 11 is 1.68. The molecule has 1 aromatic rings. The molecule has 0 atom stereocenters. The highest BCUT2D eigenvalue weighted by Crippen LogP contribution is 2.10. The molecule has 0 bridgehead atoms. The minimum atomic E-state index is 0.241. The van der Waals surface area contributed by atoms with Crippen molar-refractivity contribution >= 4 is 17.5 Å². The van der Waals surface area contributed by atoms with Crippen molar-refractivity contribution in [1.29, 1.82) is 0 Å². The fourth-order valence-corrected chi connectivity index (χ4v) is 1.98. The van der Waals surface area contributed by atoms with Crippen LogP contribution in [-0.4, -0.2) is 17.3 Å². The third-order valence-electron chi connectivity index (χ3n) is 2.25. The summed E-state index contributed by atoms with van der Waals surface area (Å²) in [5.74, 6) is 1.84. The lowest BCUT2D eigenvalue weighted by atomic mass is 10.1. The maximum Gasteiger partial charge on any atom is 0.172 e. The standard InChI is InChI=1S/C13H18OS/c1-3-5-11-6-8-12(9-7-11)13(14)10-15-4-2/h6-9H,3-5,10H2,1-2H3. The van der Waals surface area contributed by atoms with E-state index in [4.69, 9.17) is 0 Å². The molecular weight excluding hydrogens is 204 g/mol. The molecule has 1 nitrogen and oxygen atoms in total. The van der Waals surface area contributed by atoms with E-state index in [2.05, 4.69) is 26.0 Å². The molecule has 0 spiro atoms. The Labute approximate surface area is 96.3 Å². The topological polar surface area (TPSA) is 17.1 Å². The second-order valence-electron chi connectivity index (χ2n) is 3.51. The lowest BCUT2D eigenvalue weighted by Crippen LogP contribution is -2.02. The van der Waals surface area contributed by atoms with Crippen LogP contribution in [0.25, 0.3) is 0 Å². The zero-order chi connectivity index (χ0) is 11.1. The van der Waals surface area contributed by atoms with Crippen LogP contribution in [-0.2, 0) is 6.42 Å². The van der Waals surface area contributed by atoms with Crippen LogP contribution in [0.3, 0.4) is 0 Å². The predicted molar refractivity (Wildman–Crippen MR) is 67.8 cm³/mol. The van der Waals surface area contributed by atoms with Gasteiger partial charge in [0.05, 0.1) is 5.75 Å². The maximum atomic E-state index is 11.7. The molecule has 2 heteroatoms. The minimum Gasteiger partial charge on any atom is -0.293 e. The fraction of sp³-hybridized carbons (Fsp3) is 0.462. The molecule has 0 aromatic heterocycles. The van der Waals surface area contributed by atoms with Gasteiger partial charge in [-0.15, -0.1) is 0 Å². The summed E-state index contributed by atoms with van der Waals surface area (Å²) in [6.45, 7) is 4.24. The van der Waals surface area contributed by atoms with Gasteiger partial charge in [-0.2, -0.15) is 11.8 Å². The molecule has 82 valence electrons. The summed E-state index contributed by atoms with van der Waals surface area (Å²) < 4.78 is 0. The van der Waals surface area contributed by atoms with Gasteiger partial charge >= 0.3 is 0 Å². The Morgan fingerprint density at radius 2 is 1.87 bits per heavy atom. The zero-order valence-corrected chi connectivity index (χ0v) is 10.3. The van der Waals surface area contributed by atoms with Crippen LogP contribution in [0.1, 0.15) is 36.2 Å². The Hall–Kier alpha value is -0.760. The van der Waals surface area contributed by atoms with Crippen molar-refractivity contribution < 1.29 is 4.79 Å². The van der Waals surface area contributed by atoms with E-state index in [9.17, 15) is 4.79 Å². The molecule has 1 aromatic carbocycles. The fourth-order valence-electron chi connectivity index (χ4n) is 1.42. The van der Waals surface area contributed by atoms with Gasteiger partial charge in [-0.1, -0.05) is 44.5 Å². The van der Waals surface area contributed by atoms with E-state index >= 15 is 0 Å². The first-order valence-electron chi connectivity index (χ1n) is 5.47. The number of benzene rings is 1. The lowest BCUT2D eigenvalue weighted by Gasteiger charge is -2.02. The molecule has 0 aliphatic rings. The first-order chi connectivity index (χ1) is 7.27. The predicted octanol–water partition coefficient (Wildman–Crippen LogP) is 3.57. The molecule has 0 unspecified atom stereocenters. The van der Waals surface area contributed by atoms with Crippen molar-refractivity contribution in [3.8, 4) is 0 Å². The van der Waals surface area contributed by atoms with Crippen molar-refractivity contribution in [3.63, 3.8) is 0 Å². The third-order valence-corrected chi connectivity index (χ3v) is 3.13. The van der Waals surface area contributed by atoms with Gasteiger partial charge in [0, 0.05) is 5.56 Å². The summed E-state index contributed by atoms with van der Waals surface area (Å²) in [7, 11) is 0. The van der Waals surface area contributed by atoms with Gasteiger partial charge in [0.25, 0.3) is 0 Å². The summed E-state index contributed by atoms with van der Waals surface area (Å²) in [6.07, 6.45) is 2.25. The monoisotopic (exact) mass is 222 g/mol. The second-order valence-corrected chi connectivity index (χ2v) is 4.78. The Balaban J connectivity index is 2.58. The Morgan fingerprint density at radius 1 is 1.20 bits per heavy atom. The Bertz CT molecular complexity index is 303. The van der Waals surface area contributed by atoms with Crippen molar-refractivity contribution in [3.05, 3.63) is 35.4 Å². The van der Waals surface area contributed by atoms with Gasteiger partial charge in [0.1, 0.15) is 0 Å². The molecule has 15 heavy (non-hydrogen) atoms. The van der Waals surface area contributed by atoms with Crippen LogP contribution in [0.5, 0.6) is 0 Å². The van der Waals surface area contributed by atoms with E-state index in [-0.39, 0.29) is 5.78 Å². The van der Waals surface area contributed by atoms with E-state index in [0.717, 1.165) is 24.2 Å². The molecular formula is C13H18OS. The van der Waals surface area contributed by atoms with Crippen LogP contribution >= 0.6 is 11.8 Å². The minimum absolute atomic E-state index is 0.241. The number of hydrogen-bond donors (Lipinski definition) is 0. The third kappa shape index (κ3) is 4.08. The number of ketones is 1. The molecule has 0 aliphatic carbocycles. The average Bonchev–Trinajstić information content (AvgIpc) is 2.27. The van der Waals surface area contributed by atoms with Crippen molar-refractivity contribution in [2.75, 3.05) is 11.5 Å². The van der Waals surface area contributed by atoms with Gasteiger partial charge in [-0.3, -0.25) is 4.79 Å². The van der Waals surface area contributed by atoms with Crippen molar-refractivity contribution in [2.24, 2.45) is 0 Å². The first kappa shape index (κ1) is 12.3. The molecule has 0 N–H and O–H groups in total. The molecule has 0 heterocycles. The zero-order valence-electron chi connectivity index (χ0n) is 9.45. The van der Waals surface area contributed by atoms with E-state index in [1.165, 1.54) is 5.56 Å². The van der Waals surface area contributed by atoms with Crippen LogP contribution in [0, 0.1) is 0 Å². The number of Topliss-reactive ketones (excluding diaryl/α,β-unsaturated/α-hetero) is 1. The number of rotatable bonds is 6. The normalized spacial score (nSPS) is 10.3. The Kier molecular flexibility index (Phi) is 5.48. The van der Waals surface area contributed by atoms with Crippen molar-refractivity contribution in [1.82, 2.24) is 0 Å². The lowest BCUT2D eigenvalue weighted by molar-refractivity contribution is 0.102. The highest BCUT2D eigenvalue weighted by molar-refractivity contribution is 7.99. The SMILES string of the molecule is CCCc1ccc(C(=O)CSCC)cc1. The van der Waals surface area contributed by atoms with Crippen LogP contribution < -0.4 is 0 Å². The Morgan fingerprint density at radius 3 is 2.40 bits per heavy atom. The van der Waals surface area contributed by atoms with Gasteiger partial charge in [-0.05, 0) is 17.7 Å². The van der Waals surface area contributed by atoms with Crippen molar-refractivity contribution in [2.45, 2.75) is 26.7 Å². The molecule has 1 rings (SSSR count). The van der Waals surface area contributed by atoms with Gasteiger partial charge in [-0.25, -0.2) is 0 Å². The van der Waals surface area contributed by atoms with Gasteiger partial charge < -0.3 is 0 Å². The largest absolute Gasteiger partial charge is 0.293 e. The quantitative estimate of drug-likeness (QED) is 0.684. The number of thioether (sulfide) groups is 1. The van der Waals surface area contributed by atoms with E-state index in [1.54, 1.807) is 11.8 Å². The summed E-state index contributed by atoms with van der Waals surface area (Å²) in [4.78, 5) is 11.7. The number of aryl methyl sites for hydroxylation is 1. The smallest absolute Gasteiger partial charge is 0.172 e. The maximum absolute atomic E-state index is 11.7. The highest BCUT2D eigenvalue weighted by atomic mass is 32.2. The number of hydrogen-bond acceptors (Lipinski definition) is 2. The van der Waals surface area contributed by atoms with E-state index < -0.39 is 0 Å². The molecule has 0 radical (unpaired) electrons. The summed E-state index contributed by atoms with van der Waals surface area (Å²) in [5.41, 5.74) is 2.16. The van der Waals surface area contributed by atoms with Gasteiger partial charge in [0.15, 0.2) is 5.78 Å². The van der Waals surface area contributed by atoms with Crippen LogP contribution in [0.4, 0.5) is 0 Å². The molecule has 0 saturated carbocycles. The van der Waals surface area contributed by atoms with Crippen LogP contribution in [0.2, 0.25) is 0 Å². The molecule has 0 fully saturated rings. The molecule has 0 saturated heterocycles. The van der Waals surface area contributed by atoms with Crippen LogP contribution in [0.15, 0.2) is 24.3 Å². The summed E-state index contributed by atoms with van der Waals surface area (Å²) in [5, 5.41) is 0. The highest BCUT2D eigenvalue weighted by Gasteiger charge is 2.04.